The summed E-state index contributed by atoms with van der Waals surface area (Å²) in [5.41, 5.74) is 6.20. The minimum Gasteiger partial charge on any atom is -0.375 e. The summed E-state index contributed by atoms with van der Waals surface area (Å²) in [7, 11) is 2.34. The van der Waals surface area contributed by atoms with Crippen LogP contribution in [0.15, 0.2) is 0 Å². The van der Waals surface area contributed by atoms with Crippen molar-refractivity contribution >= 4 is 0 Å². The van der Waals surface area contributed by atoms with Crippen molar-refractivity contribution in [2.24, 2.45) is 11.7 Å². The number of hydrogen-bond donors (Lipinski definition) is 1. The molecule has 2 saturated carbocycles. The van der Waals surface area contributed by atoms with Crippen molar-refractivity contribution in [1.82, 2.24) is 4.90 Å². The molecule has 19 heavy (non-hydrogen) atoms. The maximum atomic E-state index is 6.17. The quantitative estimate of drug-likeness (QED) is 0.853. The van der Waals surface area contributed by atoms with Crippen molar-refractivity contribution in [2.45, 2.75) is 75.5 Å². The van der Waals surface area contributed by atoms with Crippen LogP contribution in [0.2, 0.25) is 0 Å². The summed E-state index contributed by atoms with van der Waals surface area (Å²) in [6.45, 7) is 1.83. The molecule has 0 aromatic rings. The van der Waals surface area contributed by atoms with E-state index in [1.165, 1.54) is 57.8 Å². The number of rotatable bonds is 3. The average Bonchev–Trinajstić information content (AvgIpc) is 3.07. The molecule has 3 rings (SSSR count). The van der Waals surface area contributed by atoms with Crippen molar-refractivity contribution in [3.05, 3.63) is 0 Å². The third kappa shape index (κ3) is 2.70. The number of hydrogen-bond acceptors (Lipinski definition) is 3. The lowest BCUT2D eigenvalue weighted by Gasteiger charge is -2.44. The summed E-state index contributed by atoms with van der Waals surface area (Å²) in [6.07, 6.45) is 11.8. The molecule has 2 aliphatic carbocycles. The lowest BCUT2D eigenvalue weighted by molar-refractivity contribution is -0.104. The van der Waals surface area contributed by atoms with Gasteiger partial charge in [-0.3, -0.25) is 4.90 Å². The smallest absolute Gasteiger partial charge is 0.0697 e. The van der Waals surface area contributed by atoms with Crippen LogP contribution in [0.25, 0.3) is 0 Å². The summed E-state index contributed by atoms with van der Waals surface area (Å²) in [4.78, 5) is 2.67. The largest absolute Gasteiger partial charge is 0.375 e. The molecule has 3 fully saturated rings. The van der Waals surface area contributed by atoms with E-state index in [9.17, 15) is 0 Å². The van der Waals surface area contributed by atoms with Crippen LogP contribution >= 0.6 is 0 Å². The molecule has 1 saturated heterocycles. The molecule has 3 heteroatoms. The van der Waals surface area contributed by atoms with E-state index >= 15 is 0 Å². The topological polar surface area (TPSA) is 38.5 Å². The van der Waals surface area contributed by atoms with Gasteiger partial charge in [-0.15, -0.1) is 0 Å². The fourth-order valence-corrected chi connectivity index (χ4v) is 4.82. The minimum atomic E-state index is 0.244. The third-order valence-corrected chi connectivity index (χ3v) is 6.00. The van der Waals surface area contributed by atoms with Gasteiger partial charge in [0.25, 0.3) is 0 Å². The molecule has 0 aromatic carbocycles. The zero-order valence-electron chi connectivity index (χ0n) is 12.4. The molecular formula is C16H30N2O. The predicted molar refractivity (Wildman–Crippen MR) is 78.1 cm³/mol. The Bertz CT molecular complexity index is 301. The second-order valence-corrected chi connectivity index (χ2v) is 7.04. The van der Waals surface area contributed by atoms with Gasteiger partial charge in [-0.2, -0.15) is 0 Å². The first kappa shape index (κ1) is 13.8. The SMILES string of the molecule is CN(C1CCOC2(CCCC2)C1)C1CCCC1CN. The Labute approximate surface area is 117 Å². The zero-order valence-corrected chi connectivity index (χ0v) is 12.4. The van der Waals surface area contributed by atoms with Gasteiger partial charge in [0, 0.05) is 18.7 Å². The van der Waals surface area contributed by atoms with Crippen molar-refractivity contribution in [2.75, 3.05) is 20.2 Å². The fraction of sp³-hybridized carbons (Fsp3) is 1.00. The molecule has 3 atom stereocenters. The standard InChI is InChI=1S/C16H30N2O/c1-18(15-6-4-5-13(15)12-17)14-7-10-19-16(11-14)8-2-3-9-16/h13-15H,2-12,17H2,1H3. The number of nitrogens with zero attached hydrogens (tertiary/aromatic N) is 1. The Morgan fingerprint density at radius 2 is 1.95 bits per heavy atom. The van der Waals surface area contributed by atoms with E-state index in [1.54, 1.807) is 0 Å². The molecule has 0 amide bonds. The molecule has 3 aliphatic rings. The van der Waals surface area contributed by atoms with E-state index in [2.05, 4.69) is 11.9 Å². The lowest BCUT2D eigenvalue weighted by Crippen LogP contribution is -2.51. The van der Waals surface area contributed by atoms with Gasteiger partial charge in [-0.05, 0) is 58.0 Å². The highest BCUT2D eigenvalue weighted by atomic mass is 16.5. The van der Waals surface area contributed by atoms with Crippen molar-refractivity contribution in [3.63, 3.8) is 0 Å². The Morgan fingerprint density at radius 1 is 1.16 bits per heavy atom. The summed E-state index contributed by atoms with van der Waals surface area (Å²) in [5, 5.41) is 0. The molecule has 0 bridgehead atoms. The molecule has 1 heterocycles. The Balaban J connectivity index is 1.64. The van der Waals surface area contributed by atoms with Crippen LogP contribution in [-0.2, 0) is 4.74 Å². The summed E-state index contributed by atoms with van der Waals surface area (Å²) >= 11 is 0. The lowest BCUT2D eigenvalue weighted by atomic mass is 9.87. The molecule has 1 spiro atoms. The minimum absolute atomic E-state index is 0.244. The van der Waals surface area contributed by atoms with Crippen LogP contribution in [0.1, 0.15) is 57.8 Å². The second-order valence-electron chi connectivity index (χ2n) is 7.04. The van der Waals surface area contributed by atoms with Crippen LogP contribution in [0.5, 0.6) is 0 Å². The van der Waals surface area contributed by atoms with Crippen LogP contribution < -0.4 is 5.73 Å². The molecule has 3 nitrogen and oxygen atoms in total. The Morgan fingerprint density at radius 3 is 2.68 bits per heavy atom. The summed E-state index contributed by atoms with van der Waals surface area (Å²) in [6, 6.07) is 1.45. The van der Waals surface area contributed by atoms with Crippen molar-refractivity contribution in [3.8, 4) is 0 Å². The molecule has 3 unspecified atom stereocenters. The maximum Gasteiger partial charge on any atom is 0.0697 e. The Hall–Kier alpha value is -0.120. The van der Waals surface area contributed by atoms with Crippen LogP contribution in [0.4, 0.5) is 0 Å². The van der Waals surface area contributed by atoms with E-state index in [1.807, 2.05) is 0 Å². The third-order valence-electron chi connectivity index (χ3n) is 6.00. The fourth-order valence-electron chi connectivity index (χ4n) is 4.82. The van der Waals surface area contributed by atoms with E-state index in [4.69, 9.17) is 10.5 Å². The van der Waals surface area contributed by atoms with Gasteiger partial charge in [0.2, 0.25) is 0 Å². The summed E-state index contributed by atoms with van der Waals surface area (Å²) < 4.78 is 6.17. The van der Waals surface area contributed by atoms with Crippen molar-refractivity contribution < 1.29 is 4.74 Å². The van der Waals surface area contributed by atoms with Crippen LogP contribution in [0.3, 0.4) is 0 Å². The highest BCUT2D eigenvalue weighted by Crippen LogP contribution is 2.42. The monoisotopic (exact) mass is 266 g/mol. The van der Waals surface area contributed by atoms with Gasteiger partial charge in [0.1, 0.15) is 0 Å². The highest BCUT2D eigenvalue weighted by molar-refractivity contribution is 4.96. The van der Waals surface area contributed by atoms with E-state index in [0.717, 1.165) is 31.2 Å². The number of ether oxygens (including phenoxy) is 1. The van der Waals surface area contributed by atoms with Crippen molar-refractivity contribution in [1.29, 1.82) is 0 Å². The van der Waals surface area contributed by atoms with Crippen LogP contribution in [-0.4, -0.2) is 42.8 Å². The first-order valence-electron chi connectivity index (χ1n) is 8.30. The summed E-state index contributed by atoms with van der Waals surface area (Å²) in [5.74, 6) is 0.729. The molecule has 2 N–H and O–H groups in total. The van der Waals surface area contributed by atoms with E-state index in [0.29, 0.717) is 0 Å². The van der Waals surface area contributed by atoms with Gasteiger partial charge in [-0.1, -0.05) is 19.3 Å². The average molecular weight is 266 g/mol. The molecular weight excluding hydrogens is 236 g/mol. The van der Waals surface area contributed by atoms with E-state index < -0.39 is 0 Å². The van der Waals surface area contributed by atoms with Gasteiger partial charge in [0.15, 0.2) is 0 Å². The first-order valence-corrected chi connectivity index (χ1v) is 8.30. The first-order chi connectivity index (χ1) is 9.24. The molecule has 0 aromatic heterocycles. The van der Waals surface area contributed by atoms with Crippen LogP contribution in [0, 0.1) is 5.92 Å². The molecule has 0 radical (unpaired) electrons. The van der Waals surface area contributed by atoms with E-state index in [-0.39, 0.29) is 5.60 Å². The second kappa shape index (κ2) is 5.71. The van der Waals surface area contributed by atoms with Gasteiger partial charge in [-0.25, -0.2) is 0 Å². The Kier molecular flexibility index (Phi) is 4.16. The predicted octanol–water partition coefficient (Wildman–Crippen LogP) is 2.54. The molecule has 1 aliphatic heterocycles. The highest BCUT2D eigenvalue weighted by Gasteiger charge is 2.43. The van der Waals surface area contributed by atoms with Gasteiger partial charge < -0.3 is 10.5 Å². The van der Waals surface area contributed by atoms with Gasteiger partial charge >= 0.3 is 0 Å². The number of nitrogens with two attached hydrogens (primary N) is 1. The zero-order chi connectivity index (χ0) is 13.3. The van der Waals surface area contributed by atoms with Gasteiger partial charge in [0.05, 0.1) is 5.60 Å². The normalized spacial score (nSPS) is 38.4. The maximum absolute atomic E-state index is 6.17. The molecule has 110 valence electrons.